The van der Waals surface area contributed by atoms with Gasteiger partial charge in [-0.15, -0.1) is 0 Å². The standard InChI is InChI=1S/C10H11BrFNO2/c1-5(13)10(14)6-3-4-7(15-2)8(11)9(6)12/h3-5H,13H2,1-2H3. The first-order valence-electron chi connectivity index (χ1n) is 4.30. The monoisotopic (exact) mass is 275 g/mol. The van der Waals surface area contributed by atoms with E-state index in [1.165, 1.54) is 26.2 Å². The molecule has 1 aromatic carbocycles. The predicted molar refractivity (Wildman–Crippen MR) is 58.6 cm³/mol. The zero-order chi connectivity index (χ0) is 11.6. The molecular weight excluding hydrogens is 265 g/mol. The summed E-state index contributed by atoms with van der Waals surface area (Å²) in [6.45, 7) is 1.51. The minimum atomic E-state index is -0.722. The summed E-state index contributed by atoms with van der Waals surface area (Å²) >= 11 is 3.02. The summed E-state index contributed by atoms with van der Waals surface area (Å²) in [5.41, 5.74) is 5.36. The van der Waals surface area contributed by atoms with E-state index in [1.54, 1.807) is 0 Å². The summed E-state index contributed by atoms with van der Waals surface area (Å²) in [7, 11) is 1.42. The molecule has 3 nitrogen and oxygen atoms in total. The van der Waals surface area contributed by atoms with Crippen LogP contribution < -0.4 is 10.5 Å². The maximum absolute atomic E-state index is 13.7. The van der Waals surface area contributed by atoms with Crippen LogP contribution in [-0.2, 0) is 0 Å². The quantitative estimate of drug-likeness (QED) is 0.860. The fourth-order valence-electron chi connectivity index (χ4n) is 1.12. The molecule has 82 valence electrons. The first-order chi connectivity index (χ1) is 6.99. The molecule has 0 heterocycles. The van der Waals surface area contributed by atoms with Crippen molar-refractivity contribution in [1.29, 1.82) is 0 Å². The van der Waals surface area contributed by atoms with Crippen LogP contribution in [0.15, 0.2) is 16.6 Å². The summed E-state index contributed by atoms with van der Waals surface area (Å²) in [5, 5.41) is 0. The van der Waals surface area contributed by atoms with Crippen LogP contribution in [0.2, 0.25) is 0 Å². The molecule has 0 aliphatic carbocycles. The van der Waals surface area contributed by atoms with Gasteiger partial charge in [-0.2, -0.15) is 0 Å². The molecule has 0 fully saturated rings. The third-order valence-electron chi connectivity index (χ3n) is 1.95. The molecule has 0 aliphatic heterocycles. The van der Waals surface area contributed by atoms with Gasteiger partial charge in [0.15, 0.2) is 11.6 Å². The van der Waals surface area contributed by atoms with Crippen LogP contribution in [0.1, 0.15) is 17.3 Å². The average molecular weight is 276 g/mol. The number of carbonyl (C=O) groups is 1. The van der Waals surface area contributed by atoms with Gasteiger partial charge < -0.3 is 10.5 Å². The number of hydrogen-bond acceptors (Lipinski definition) is 3. The molecule has 0 aromatic heterocycles. The predicted octanol–water partition coefficient (Wildman–Crippen LogP) is 2.13. The zero-order valence-electron chi connectivity index (χ0n) is 8.38. The van der Waals surface area contributed by atoms with Crippen molar-refractivity contribution in [1.82, 2.24) is 0 Å². The van der Waals surface area contributed by atoms with Crippen molar-refractivity contribution in [2.45, 2.75) is 13.0 Å². The molecule has 1 atom stereocenters. The van der Waals surface area contributed by atoms with E-state index in [1.807, 2.05) is 0 Å². The lowest BCUT2D eigenvalue weighted by molar-refractivity contribution is 0.0964. The number of methoxy groups -OCH3 is 1. The Morgan fingerprint density at radius 1 is 1.60 bits per heavy atom. The van der Waals surface area contributed by atoms with Gasteiger partial charge in [0.05, 0.1) is 23.2 Å². The van der Waals surface area contributed by atoms with Crippen LogP contribution in [0.3, 0.4) is 0 Å². The topological polar surface area (TPSA) is 52.3 Å². The molecule has 0 bridgehead atoms. The smallest absolute Gasteiger partial charge is 0.182 e. The summed E-state index contributed by atoms with van der Waals surface area (Å²) in [4.78, 5) is 11.5. The highest BCUT2D eigenvalue weighted by molar-refractivity contribution is 9.10. The van der Waals surface area contributed by atoms with Crippen molar-refractivity contribution >= 4 is 21.7 Å². The number of hydrogen-bond donors (Lipinski definition) is 1. The average Bonchev–Trinajstić information content (AvgIpc) is 2.21. The summed E-state index contributed by atoms with van der Waals surface area (Å²) in [5.74, 6) is -0.735. The van der Waals surface area contributed by atoms with Crippen molar-refractivity contribution < 1.29 is 13.9 Å². The van der Waals surface area contributed by atoms with Crippen molar-refractivity contribution in [3.8, 4) is 5.75 Å². The van der Waals surface area contributed by atoms with Crippen molar-refractivity contribution in [2.24, 2.45) is 5.73 Å². The molecule has 1 rings (SSSR count). The second-order valence-electron chi connectivity index (χ2n) is 3.10. The van der Waals surface area contributed by atoms with Crippen molar-refractivity contribution in [3.63, 3.8) is 0 Å². The Hall–Kier alpha value is -0.940. The van der Waals surface area contributed by atoms with E-state index < -0.39 is 17.6 Å². The lowest BCUT2D eigenvalue weighted by Crippen LogP contribution is -2.27. The molecule has 2 N–H and O–H groups in total. The number of halogens is 2. The third kappa shape index (κ3) is 2.35. The van der Waals surface area contributed by atoms with Crippen LogP contribution in [-0.4, -0.2) is 18.9 Å². The van der Waals surface area contributed by atoms with Crippen LogP contribution >= 0.6 is 15.9 Å². The molecule has 0 saturated carbocycles. The Morgan fingerprint density at radius 3 is 2.67 bits per heavy atom. The van der Waals surface area contributed by atoms with Gasteiger partial charge >= 0.3 is 0 Å². The lowest BCUT2D eigenvalue weighted by atomic mass is 10.1. The third-order valence-corrected chi connectivity index (χ3v) is 2.68. The number of rotatable bonds is 3. The molecule has 0 spiro atoms. The van der Waals surface area contributed by atoms with Crippen molar-refractivity contribution in [3.05, 3.63) is 28.0 Å². The molecule has 5 heteroatoms. The Labute approximate surface area is 95.5 Å². The molecule has 0 radical (unpaired) electrons. The first kappa shape index (κ1) is 12.1. The normalized spacial score (nSPS) is 12.3. The summed E-state index contributed by atoms with van der Waals surface area (Å²) < 4.78 is 18.7. The van der Waals surface area contributed by atoms with E-state index in [-0.39, 0.29) is 10.0 Å². The second kappa shape index (κ2) is 4.72. The lowest BCUT2D eigenvalue weighted by Gasteiger charge is -2.09. The SMILES string of the molecule is COc1ccc(C(=O)C(C)N)c(F)c1Br. The van der Waals surface area contributed by atoms with E-state index in [0.717, 1.165) is 0 Å². The highest BCUT2D eigenvalue weighted by Crippen LogP contribution is 2.30. The van der Waals surface area contributed by atoms with E-state index >= 15 is 0 Å². The van der Waals surface area contributed by atoms with E-state index in [4.69, 9.17) is 10.5 Å². The van der Waals surface area contributed by atoms with E-state index in [2.05, 4.69) is 15.9 Å². The first-order valence-corrected chi connectivity index (χ1v) is 5.10. The Bertz CT molecular complexity index is 393. The van der Waals surface area contributed by atoms with E-state index in [0.29, 0.717) is 5.75 Å². The number of carbonyl (C=O) groups excluding carboxylic acids is 1. The largest absolute Gasteiger partial charge is 0.495 e. The Balaban J connectivity index is 3.23. The van der Waals surface area contributed by atoms with Gasteiger partial charge in [-0.1, -0.05) is 0 Å². The van der Waals surface area contributed by atoms with Gasteiger partial charge in [-0.05, 0) is 35.0 Å². The zero-order valence-corrected chi connectivity index (χ0v) is 9.97. The van der Waals surface area contributed by atoms with Crippen LogP contribution in [0, 0.1) is 5.82 Å². The fourth-order valence-corrected chi connectivity index (χ4v) is 1.63. The van der Waals surface area contributed by atoms with Gasteiger partial charge in [0.2, 0.25) is 0 Å². The summed E-state index contributed by atoms with van der Waals surface area (Å²) in [6, 6.07) is 2.16. The molecule has 15 heavy (non-hydrogen) atoms. The second-order valence-corrected chi connectivity index (χ2v) is 3.89. The van der Waals surface area contributed by atoms with Crippen LogP contribution in [0.5, 0.6) is 5.75 Å². The molecule has 0 amide bonds. The number of ether oxygens (including phenoxy) is 1. The maximum atomic E-state index is 13.7. The van der Waals surface area contributed by atoms with Gasteiger partial charge in [-0.25, -0.2) is 4.39 Å². The number of Topliss-reactive ketones (excluding diaryl/α,β-unsaturated/α-hetero) is 1. The van der Waals surface area contributed by atoms with E-state index in [9.17, 15) is 9.18 Å². The van der Waals surface area contributed by atoms with Gasteiger partial charge in [-0.3, -0.25) is 4.79 Å². The molecule has 0 saturated heterocycles. The Kier molecular flexibility index (Phi) is 3.82. The molecule has 1 aromatic rings. The highest BCUT2D eigenvalue weighted by atomic mass is 79.9. The van der Waals surface area contributed by atoms with Gasteiger partial charge in [0.1, 0.15) is 5.75 Å². The number of ketones is 1. The molecule has 1 unspecified atom stereocenters. The van der Waals surface area contributed by atoms with Gasteiger partial charge in [0, 0.05) is 0 Å². The molecular formula is C10H11BrFNO2. The summed E-state index contributed by atoms with van der Waals surface area (Å²) in [6.07, 6.45) is 0. The fraction of sp³-hybridized carbons (Fsp3) is 0.300. The van der Waals surface area contributed by atoms with Crippen LogP contribution in [0.25, 0.3) is 0 Å². The Morgan fingerprint density at radius 2 is 2.20 bits per heavy atom. The molecule has 0 aliphatic rings. The van der Waals surface area contributed by atoms with Gasteiger partial charge in [0.25, 0.3) is 0 Å². The minimum absolute atomic E-state index is 0.0299. The maximum Gasteiger partial charge on any atom is 0.182 e. The number of nitrogens with two attached hydrogens (primary N) is 1. The van der Waals surface area contributed by atoms with Crippen molar-refractivity contribution in [2.75, 3.05) is 7.11 Å². The highest BCUT2D eigenvalue weighted by Gasteiger charge is 2.19. The minimum Gasteiger partial charge on any atom is -0.495 e. The van der Waals surface area contributed by atoms with Crippen LogP contribution in [0.4, 0.5) is 4.39 Å². The number of benzene rings is 1.